The lowest BCUT2D eigenvalue weighted by molar-refractivity contribution is -0.220. The number of carbonyl (C=O) groups is 1. The Hall–Kier alpha value is -0.950. The largest absolute Gasteiger partial charge is 0.444 e. The van der Waals surface area contributed by atoms with Crippen molar-refractivity contribution < 1.29 is 27.8 Å². The number of piperidine rings is 1. The van der Waals surface area contributed by atoms with Crippen LogP contribution in [0.2, 0.25) is 0 Å². The smallest absolute Gasteiger partial charge is 0.410 e. The Morgan fingerprint density at radius 1 is 1.30 bits per heavy atom. The standard InChI is InChI=1S/C13H23F2NO4/c1-12(2,3)20-11(17)16-7-6-13(14,15)9(8-16)10(18-4)19-5/h9-10H,6-8H2,1-5H3. The van der Waals surface area contributed by atoms with Gasteiger partial charge >= 0.3 is 6.09 Å². The number of carbonyl (C=O) groups excluding carboxylic acids is 1. The number of rotatable bonds is 3. The van der Waals surface area contributed by atoms with E-state index in [1.807, 2.05) is 0 Å². The van der Waals surface area contributed by atoms with E-state index in [9.17, 15) is 13.6 Å². The van der Waals surface area contributed by atoms with Crippen LogP contribution in [0.4, 0.5) is 13.6 Å². The second-order valence-corrected chi connectivity index (χ2v) is 5.88. The van der Waals surface area contributed by atoms with Crippen molar-refractivity contribution in [3.05, 3.63) is 0 Å². The minimum Gasteiger partial charge on any atom is -0.444 e. The van der Waals surface area contributed by atoms with Crippen molar-refractivity contribution in [1.82, 2.24) is 4.90 Å². The molecule has 1 atom stereocenters. The van der Waals surface area contributed by atoms with Gasteiger partial charge in [-0.05, 0) is 20.8 Å². The summed E-state index contributed by atoms with van der Waals surface area (Å²) in [5, 5.41) is 0. The molecule has 1 aliphatic heterocycles. The third kappa shape index (κ3) is 4.28. The summed E-state index contributed by atoms with van der Waals surface area (Å²) in [6.07, 6.45) is -2.08. The van der Waals surface area contributed by atoms with Crippen LogP contribution in [0.5, 0.6) is 0 Å². The van der Waals surface area contributed by atoms with E-state index in [0.29, 0.717) is 0 Å². The molecule has 1 amide bonds. The molecule has 1 rings (SSSR count). The van der Waals surface area contributed by atoms with Gasteiger partial charge in [-0.1, -0.05) is 0 Å². The topological polar surface area (TPSA) is 48.0 Å². The van der Waals surface area contributed by atoms with Crippen LogP contribution in [0.3, 0.4) is 0 Å². The number of hydrogen-bond donors (Lipinski definition) is 0. The van der Waals surface area contributed by atoms with Crippen LogP contribution < -0.4 is 0 Å². The summed E-state index contributed by atoms with van der Waals surface area (Å²) < 4.78 is 42.9. The molecular formula is C13H23F2NO4. The van der Waals surface area contributed by atoms with Gasteiger partial charge in [0.25, 0.3) is 5.92 Å². The van der Waals surface area contributed by atoms with Crippen LogP contribution in [0.1, 0.15) is 27.2 Å². The molecule has 0 N–H and O–H groups in total. The molecule has 20 heavy (non-hydrogen) atoms. The van der Waals surface area contributed by atoms with Crippen molar-refractivity contribution in [2.75, 3.05) is 27.3 Å². The maximum atomic E-state index is 13.9. The quantitative estimate of drug-likeness (QED) is 0.751. The first-order valence-corrected chi connectivity index (χ1v) is 6.52. The summed E-state index contributed by atoms with van der Waals surface area (Å²) >= 11 is 0. The highest BCUT2D eigenvalue weighted by molar-refractivity contribution is 5.68. The van der Waals surface area contributed by atoms with Crippen LogP contribution >= 0.6 is 0 Å². The van der Waals surface area contributed by atoms with Gasteiger partial charge in [0.05, 0.1) is 5.92 Å². The highest BCUT2D eigenvalue weighted by Crippen LogP contribution is 2.37. The van der Waals surface area contributed by atoms with E-state index in [1.54, 1.807) is 20.8 Å². The molecule has 0 aromatic rings. The molecule has 118 valence electrons. The van der Waals surface area contributed by atoms with Gasteiger partial charge in [0.2, 0.25) is 0 Å². The van der Waals surface area contributed by atoms with Crippen molar-refractivity contribution in [3.63, 3.8) is 0 Å². The van der Waals surface area contributed by atoms with Gasteiger partial charge < -0.3 is 19.1 Å². The number of hydrogen-bond acceptors (Lipinski definition) is 4. The molecule has 7 heteroatoms. The number of ether oxygens (including phenoxy) is 3. The average molecular weight is 295 g/mol. The average Bonchev–Trinajstić information content (AvgIpc) is 2.30. The summed E-state index contributed by atoms with van der Waals surface area (Å²) in [7, 11) is 2.60. The predicted octanol–water partition coefficient (Wildman–Crippen LogP) is 2.50. The lowest BCUT2D eigenvalue weighted by Gasteiger charge is -2.40. The molecule has 0 aliphatic carbocycles. The molecule has 0 aromatic heterocycles. The summed E-state index contributed by atoms with van der Waals surface area (Å²) in [6.45, 7) is 4.99. The number of amides is 1. The first kappa shape index (κ1) is 17.1. The summed E-state index contributed by atoms with van der Waals surface area (Å²) in [4.78, 5) is 13.2. The zero-order valence-electron chi connectivity index (χ0n) is 12.6. The van der Waals surface area contributed by atoms with Crippen molar-refractivity contribution in [3.8, 4) is 0 Å². The maximum absolute atomic E-state index is 13.9. The molecule has 0 saturated carbocycles. The van der Waals surface area contributed by atoms with Gasteiger partial charge in [0, 0.05) is 33.7 Å². The van der Waals surface area contributed by atoms with Crippen LogP contribution in [-0.2, 0) is 14.2 Å². The van der Waals surface area contributed by atoms with E-state index in [4.69, 9.17) is 14.2 Å². The second-order valence-electron chi connectivity index (χ2n) is 5.88. The van der Waals surface area contributed by atoms with E-state index in [2.05, 4.69) is 0 Å². The van der Waals surface area contributed by atoms with Gasteiger partial charge in [-0.25, -0.2) is 13.6 Å². The molecule has 0 aromatic carbocycles. The van der Waals surface area contributed by atoms with Crippen molar-refractivity contribution in [2.45, 2.75) is 45.0 Å². The Morgan fingerprint density at radius 2 is 1.85 bits per heavy atom. The Morgan fingerprint density at radius 3 is 2.30 bits per heavy atom. The molecule has 0 spiro atoms. The SMILES string of the molecule is COC(OC)C1CN(C(=O)OC(C)(C)C)CCC1(F)F. The fraction of sp³-hybridized carbons (Fsp3) is 0.923. The predicted molar refractivity (Wildman–Crippen MR) is 68.7 cm³/mol. The van der Waals surface area contributed by atoms with Crippen LogP contribution in [0, 0.1) is 5.92 Å². The third-order valence-corrected chi connectivity index (χ3v) is 3.12. The van der Waals surface area contributed by atoms with Crippen LogP contribution in [-0.4, -0.2) is 56.1 Å². The van der Waals surface area contributed by atoms with Crippen LogP contribution in [0.15, 0.2) is 0 Å². The van der Waals surface area contributed by atoms with Gasteiger partial charge in [0.15, 0.2) is 6.29 Å². The Bertz CT molecular complexity index is 340. The lowest BCUT2D eigenvalue weighted by Crippen LogP contribution is -2.54. The molecule has 5 nitrogen and oxygen atoms in total. The number of halogens is 2. The van der Waals surface area contributed by atoms with Gasteiger partial charge in [-0.3, -0.25) is 0 Å². The maximum Gasteiger partial charge on any atom is 0.410 e. The Labute approximate surface area is 118 Å². The molecule has 0 radical (unpaired) electrons. The molecule has 1 unspecified atom stereocenters. The molecule has 1 heterocycles. The number of methoxy groups -OCH3 is 2. The highest BCUT2D eigenvalue weighted by Gasteiger charge is 2.50. The second kappa shape index (κ2) is 6.22. The van der Waals surface area contributed by atoms with E-state index in [-0.39, 0.29) is 13.1 Å². The summed E-state index contributed by atoms with van der Waals surface area (Å²) in [6, 6.07) is 0. The van der Waals surface area contributed by atoms with E-state index in [0.717, 1.165) is 0 Å². The number of nitrogens with zero attached hydrogens (tertiary/aromatic N) is 1. The van der Waals surface area contributed by atoms with Crippen LogP contribution in [0.25, 0.3) is 0 Å². The first-order chi connectivity index (χ1) is 9.10. The minimum atomic E-state index is -2.94. The normalized spacial score (nSPS) is 23.0. The minimum absolute atomic E-state index is 0.0431. The lowest BCUT2D eigenvalue weighted by atomic mass is 9.93. The third-order valence-electron chi connectivity index (χ3n) is 3.12. The fourth-order valence-electron chi connectivity index (χ4n) is 2.13. The monoisotopic (exact) mass is 295 g/mol. The zero-order valence-corrected chi connectivity index (χ0v) is 12.6. The van der Waals surface area contributed by atoms with Crippen molar-refractivity contribution in [2.24, 2.45) is 5.92 Å². The van der Waals surface area contributed by atoms with E-state index in [1.165, 1.54) is 19.1 Å². The van der Waals surface area contributed by atoms with Crippen molar-refractivity contribution >= 4 is 6.09 Å². The Kier molecular flexibility index (Phi) is 5.32. The number of likely N-dealkylation sites (tertiary alicyclic amines) is 1. The Balaban J connectivity index is 2.78. The van der Waals surface area contributed by atoms with Crippen molar-refractivity contribution in [1.29, 1.82) is 0 Å². The van der Waals surface area contributed by atoms with Gasteiger partial charge in [-0.2, -0.15) is 0 Å². The van der Waals surface area contributed by atoms with E-state index < -0.39 is 36.2 Å². The highest BCUT2D eigenvalue weighted by atomic mass is 19.3. The zero-order chi connectivity index (χ0) is 15.6. The molecular weight excluding hydrogens is 272 g/mol. The summed E-state index contributed by atoms with van der Waals surface area (Å²) in [5.74, 6) is -4.14. The van der Waals surface area contributed by atoms with Gasteiger partial charge in [-0.15, -0.1) is 0 Å². The molecule has 1 saturated heterocycles. The number of alkyl halides is 2. The van der Waals surface area contributed by atoms with Gasteiger partial charge in [0.1, 0.15) is 5.60 Å². The molecule has 1 aliphatic rings. The van der Waals surface area contributed by atoms with E-state index >= 15 is 0 Å². The fourth-order valence-corrected chi connectivity index (χ4v) is 2.13. The molecule has 1 fully saturated rings. The summed E-state index contributed by atoms with van der Waals surface area (Å²) in [5.41, 5.74) is -0.658. The molecule has 0 bridgehead atoms. The first-order valence-electron chi connectivity index (χ1n) is 6.52.